The lowest BCUT2D eigenvalue weighted by molar-refractivity contribution is -0.117. The molecule has 0 fully saturated rings. The van der Waals surface area contributed by atoms with E-state index in [1.54, 1.807) is 0 Å². The molecule has 0 bridgehead atoms. The molecule has 0 spiro atoms. The molecule has 2 unspecified atom stereocenters. The molecule has 4 rings (SSSR count). The van der Waals surface area contributed by atoms with Gasteiger partial charge in [0, 0.05) is 22.3 Å². The van der Waals surface area contributed by atoms with Crippen LogP contribution in [0, 0.1) is 0 Å². The van der Waals surface area contributed by atoms with Crippen molar-refractivity contribution in [1.29, 1.82) is 0 Å². The summed E-state index contributed by atoms with van der Waals surface area (Å²) in [6.45, 7) is 0. The van der Waals surface area contributed by atoms with Crippen molar-refractivity contribution in [2.75, 3.05) is 11.1 Å². The quantitative estimate of drug-likeness (QED) is 0.789. The van der Waals surface area contributed by atoms with Crippen molar-refractivity contribution in [2.24, 2.45) is 0 Å². The van der Waals surface area contributed by atoms with Crippen molar-refractivity contribution < 1.29 is 4.79 Å². The van der Waals surface area contributed by atoms with E-state index in [4.69, 9.17) is 17.3 Å². The summed E-state index contributed by atoms with van der Waals surface area (Å²) in [7, 11) is 0. The number of aryl methyl sites for hydroxylation is 1. The number of hydrogen-bond donors (Lipinski definition) is 2. The highest BCUT2D eigenvalue weighted by molar-refractivity contribution is 6.31. The number of fused-ring (bicyclic) bond motifs is 2. The molecule has 3 N–H and O–H groups in total. The van der Waals surface area contributed by atoms with Crippen molar-refractivity contribution in [3.63, 3.8) is 0 Å². The van der Waals surface area contributed by atoms with Gasteiger partial charge in [0.1, 0.15) is 0 Å². The lowest BCUT2D eigenvalue weighted by Gasteiger charge is -2.19. The minimum Gasteiger partial charge on any atom is -0.399 e. The van der Waals surface area contributed by atoms with E-state index in [0.29, 0.717) is 5.02 Å². The van der Waals surface area contributed by atoms with Crippen molar-refractivity contribution in [1.82, 2.24) is 0 Å². The number of carbonyl (C=O) groups excluding carboxylic acids is 1. The molecule has 2 atom stereocenters. The van der Waals surface area contributed by atoms with Crippen LogP contribution in [0.3, 0.4) is 0 Å². The monoisotopic (exact) mass is 298 g/mol. The number of rotatable bonds is 1. The Kier molecular flexibility index (Phi) is 2.73. The average Bonchev–Trinajstić information content (AvgIpc) is 2.98. The molecule has 0 aromatic heterocycles. The summed E-state index contributed by atoms with van der Waals surface area (Å²) < 4.78 is 0. The summed E-state index contributed by atoms with van der Waals surface area (Å²) in [6, 6.07) is 11.6. The Morgan fingerprint density at radius 1 is 1.14 bits per heavy atom. The minimum absolute atomic E-state index is 0.0625. The highest BCUT2D eigenvalue weighted by atomic mass is 35.5. The first-order chi connectivity index (χ1) is 10.1. The summed E-state index contributed by atoms with van der Waals surface area (Å²) in [6.07, 6.45) is 1.97. The van der Waals surface area contributed by atoms with Gasteiger partial charge < -0.3 is 11.1 Å². The summed E-state index contributed by atoms with van der Waals surface area (Å²) in [5.74, 6) is 0.0810. The number of anilines is 2. The maximum atomic E-state index is 12.4. The summed E-state index contributed by atoms with van der Waals surface area (Å²) in [4.78, 5) is 12.4. The number of nitrogens with two attached hydrogens (primary N) is 1. The van der Waals surface area contributed by atoms with Gasteiger partial charge in [-0.3, -0.25) is 4.79 Å². The topological polar surface area (TPSA) is 55.1 Å². The zero-order valence-electron chi connectivity index (χ0n) is 11.4. The fourth-order valence-electron chi connectivity index (χ4n) is 3.65. The summed E-state index contributed by atoms with van der Waals surface area (Å²) >= 11 is 6.11. The fraction of sp³-hybridized carbons (Fsp3) is 0.235. The van der Waals surface area contributed by atoms with Crippen LogP contribution in [-0.4, -0.2) is 5.91 Å². The van der Waals surface area contributed by atoms with Crippen LogP contribution in [0.4, 0.5) is 11.4 Å². The number of benzene rings is 2. The smallest absolute Gasteiger partial charge is 0.232 e. The molecular formula is C17H15ClN2O. The van der Waals surface area contributed by atoms with Crippen LogP contribution in [0.5, 0.6) is 0 Å². The Morgan fingerprint density at radius 2 is 2.00 bits per heavy atom. The summed E-state index contributed by atoms with van der Waals surface area (Å²) in [5.41, 5.74) is 11.1. The number of nitrogens with one attached hydrogen (secondary N) is 1. The third-order valence-electron chi connectivity index (χ3n) is 4.59. The maximum Gasteiger partial charge on any atom is 0.232 e. The lowest BCUT2D eigenvalue weighted by atomic mass is 9.83. The molecular weight excluding hydrogens is 284 g/mol. The van der Waals surface area contributed by atoms with Crippen LogP contribution in [0.15, 0.2) is 36.4 Å². The van der Waals surface area contributed by atoms with E-state index in [0.717, 1.165) is 29.8 Å². The normalized spacial score (nSPS) is 22.8. The third kappa shape index (κ3) is 1.92. The lowest BCUT2D eigenvalue weighted by Crippen LogP contribution is -2.18. The largest absolute Gasteiger partial charge is 0.399 e. The Balaban J connectivity index is 1.81. The van der Waals surface area contributed by atoms with Crippen molar-refractivity contribution in [2.45, 2.75) is 24.7 Å². The Hall–Kier alpha value is -2.00. The molecule has 2 aromatic carbocycles. The van der Waals surface area contributed by atoms with Gasteiger partial charge in [-0.1, -0.05) is 17.7 Å². The van der Waals surface area contributed by atoms with Gasteiger partial charge in [0.05, 0.1) is 5.92 Å². The molecule has 0 radical (unpaired) electrons. The highest BCUT2D eigenvalue weighted by Gasteiger charge is 2.40. The van der Waals surface area contributed by atoms with Crippen LogP contribution in [0.1, 0.15) is 34.9 Å². The van der Waals surface area contributed by atoms with E-state index in [9.17, 15) is 4.79 Å². The molecule has 2 aliphatic rings. The number of carbonyl (C=O) groups is 1. The number of hydrogen-bond acceptors (Lipinski definition) is 2. The molecule has 1 aliphatic heterocycles. The van der Waals surface area contributed by atoms with Crippen molar-refractivity contribution in [3.05, 3.63) is 58.1 Å². The predicted octanol–water partition coefficient (Wildman–Crippen LogP) is 3.69. The van der Waals surface area contributed by atoms with E-state index in [-0.39, 0.29) is 17.7 Å². The van der Waals surface area contributed by atoms with Gasteiger partial charge in [0.25, 0.3) is 0 Å². The number of halogens is 1. The van der Waals surface area contributed by atoms with Crippen LogP contribution in [0.25, 0.3) is 0 Å². The molecule has 2 aromatic rings. The van der Waals surface area contributed by atoms with E-state index in [1.807, 2.05) is 30.3 Å². The first-order valence-electron chi connectivity index (χ1n) is 7.12. The molecule has 0 saturated carbocycles. The molecule has 1 aliphatic carbocycles. The SMILES string of the molecule is Nc1ccc2c(c1)C(C1C(=O)Nc3ccc(Cl)cc31)CC2. The third-order valence-corrected chi connectivity index (χ3v) is 4.82. The van der Waals surface area contributed by atoms with E-state index in [2.05, 4.69) is 11.4 Å². The minimum atomic E-state index is -0.165. The molecule has 106 valence electrons. The first kappa shape index (κ1) is 12.7. The Morgan fingerprint density at radius 3 is 2.86 bits per heavy atom. The second kappa shape index (κ2) is 4.50. The molecule has 3 nitrogen and oxygen atoms in total. The highest BCUT2D eigenvalue weighted by Crippen LogP contribution is 2.48. The Bertz CT molecular complexity index is 756. The van der Waals surface area contributed by atoms with Crippen LogP contribution in [0.2, 0.25) is 5.02 Å². The molecule has 1 heterocycles. The van der Waals surface area contributed by atoms with Gasteiger partial charge in [0.15, 0.2) is 0 Å². The summed E-state index contributed by atoms with van der Waals surface area (Å²) in [5, 5.41) is 3.64. The van der Waals surface area contributed by atoms with Crippen LogP contribution >= 0.6 is 11.6 Å². The predicted molar refractivity (Wildman–Crippen MR) is 84.7 cm³/mol. The van der Waals surface area contributed by atoms with E-state index < -0.39 is 0 Å². The molecule has 0 saturated heterocycles. The van der Waals surface area contributed by atoms with E-state index >= 15 is 0 Å². The number of nitrogen functional groups attached to an aromatic ring is 1. The molecule has 21 heavy (non-hydrogen) atoms. The average molecular weight is 299 g/mol. The fourth-order valence-corrected chi connectivity index (χ4v) is 3.84. The van der Waals surface area contributed by atoms with Gasteiger partial charge >= 0.3 is 0 Å². The molecule has 4 heteroatoms. The second-order valence-corrected chi connectivity index (χ2v) is 6.24. The van der Waals surface area contributed by atoms with Gasteiger partial charge in [-0.15, -0.1) is 0 Å². The van der Waals surface area contributed by atoms with Crippen molar-refractivity contribution >= 4 is 28.9 Å². The Labute approximate surface area is 128 Å². The zero-order chi connectivity index (χ0) is 14.6. The van der Waals surface area contributed by atoms with Crippen molar-refractivity contribution in [3.8, 4) is 0 Å². The molecule has 1 amide bonds. The van der Waals surface area contributed by atoms with Crippen LogP contribution < -0.4 is 11.1 Å². The number of amides is 1. The van der Waals surface area contributed by atoms with Gasteiger partial charge in [0.2, 0.25) is 5.91 Å². The maximum absolute atomic E-state index is 12.4. The van der Waals surface area contributed by atoms with Gasteiger partial charge in [-0.05, 0) is 59.9 Å². The van der Waals surface area contributed by atoms with E-state index in [1.165, 1.54) is 11.1 Å². The standard InChI is InChI=1S/C17H15ClN2O/c18-10-3-6-15-14(7-10)16(17(21)20-15)12-5-2-9-1-4-11(19)8-13(9)12/h1,3-4,6-8,12,16H,2,5,19H2,(H,20,21). The van der Waals surface area contributed by atoms with Crippen LogP contribution in [-0.2, 0) is 11.2 Å². The van der Waals surface area contributed by atoms with Gasteiger partial charge in [-0.25, -0.2) is 0 Å². The first-order valence-corrected chi connectivity index (χ1v) is 7.50. The zero-order valence-corrected chi connectivity index (χ0v) is 12.2. The second-order valence-electron chi connectivity index (χ2n) is 5.80. The van der Waals surface area contributed by atoms with Gasteiger partial charge in [-0.2, -0.15) is 0 Å².